The molecule has 0 amide bonds. The van der Waals surface area contributed by atoms with Gasteiger partial charge in [0.2, 0.25) is 0 Å². The minimum atomic E-state index is -0.0839. The van der Waals surface area contributed by atoms with Gasteiger partial charge in [-0.15, -0.1) is 0 Å². The number of piperidine rings is 3. The van der Waals surface area contributed by atoms with E-state index in [0.29, 0.717) is 12.1 Å². The van der Waals surface area contributed by atoms with Crippen LogP contribution in [0.4, 0.5) is 0 Å². The number of likely N-dealkylation sites (tertiary alicyclic amines) is 1. The number of nitrogens with two attached hydrogens (primary N) is 1. The highest BCUT2D eigenvalue weighted by atomic mass is 16.3. The fourth-order valence-electron chi connectivity index (χ4n) is 4.32. The van der Waals surface area contributed by atoms with E-state index in [4.69, 9.17) is 5.73 Å². The topological polar surface area (TPSA) is 52.7 Å². The number of aliphatic hydroxyl groups excluding tert-OH is 1. The van der Waals surface area contributed by atoms with Gasteiger partial charge in [0, 0.05) is 24.7 Å². The minimum absolute atomic E-state index is 0.0839. The van der Waals surface area contributed by atoms with Crippen molar-refractivity contribution < 1.29 is 5.11 Å². The van der Waals surface area contributed by atoms with Crippen LogP contribution in [0.2, 0.25) is 0 Å². The van der Waals surface area contributed by atoms with E-state index in [9.17, 15) is 5.11 Å². The van der Waals surface area contributed by atoms with Crippen molar-refractivity contribution >= 4 is 0 Å². The van der Waals surface area contributed by atoms with Gasteiger partial charge in [0.15, 0.2) is 0 Å². The summed E-state index contributed by atoms with van der Waals surface area (Å²) in [6, 6.07) is 0.886. The summed E-state index contributed by atoms with van der Waals surface area (Å²) in [5, 5.41) is 9.30. The molecule has 3 N–H and O–H groups in total. The van der Waals surface area contributed by atoms with Crippen LogP contribution >= 0.6 is 0 Å². The van der Waals surface area contributed by atoms with Crippen LogP contribution in [0.15, 0.2) is 0 Å². The zero-order valence-corrected chi connectivity index (χ0v) is 10.0. The van der Waals surface area contributed by atoms with E-state index in [1.165, 1.54) is 32.5 Å². The highest BCUT2D eigenvalue weighted by Crippen LogP contribution is 2.43. The quantitative estimate of drug-likeness (QED) is 0.654. The molecule has 0 saturated carbocycles. The molecule has 0 spiro atoms. The maximum Gasteiger partial charge on any atom is 0.0598 e. The molecule has 4 rings (SSSR count). The second-order valence-corrected chi connectivity index (χ2v) is 5.80. The van der Waals surface area contributed by atoms with E-state index in [2.05, 4.69) is 16.8 Å². The fourth-order valence-corrected chi connectivity index (χ4v) is 4.32. The molecule has 0 radical (unpaired) electrons. The van der Waals surface area contributed by atoms with Crippen molar-refractivity contribution in [2.24, 2.45) is 17.6 Å². The monoisotopic (exact) mass is 225 g/mol. The second kappa shape index (κ2) is 3.95. The minimum Gasteiger partial charge on any atom is -0.395 e. The van der Waals surface area contributed by atoms with Gasteiger partial charge in [0.25, 0.3) is 0 Å². The molecular formula is C12H23N3O. The van der Waals surface area contributed by atoms with Gasteiger partial charge in [-0.3, -0.25) is 9.80 Å². The summed E-state index contributed by atoms with van der Waals surface area (Å²) in [7, 11) is 2.17. The van der Waals surface area contributed by atoms with Crippen molar-refractivity contribution in [3.8, 4) is 0 Å². The van der Waals surface area contributed by atoms with Crippen LogP contribution in [-0.2, 0) is 0 Å². The van der Waals surface area contributed by atoms with E-state index in [-0.39, 0.29) is 12.6 Å². The molecule has 4 saturated heterocycles. The van der Waals surface area contributed by atoms with E-state index >= 15 is 0 Å². The van der Waals surface area contributed by atoms with Crippen molar-refractivity contribution in [3.05, 3.63) is 0 Å². The Morgan fingerprint density at radius 2 is 2.06 bits per heavy atom. The van der Waals surface area contributed by atoms with Gasteiger partial charge in [-0.25, -0.2) is 0 Å². The molecule has 4 nitrogen and oxygen atoms in total. The predicted octanol–water partition coefficient (Wildman–Crippen LogP) is -0.670. The van der Waals surface area contributed by atoms with E-state index in [0.717, 1.165) is 11.8 Å². The van der Waals surface area contributed by atoms with E-state index in [1.54, 1.807) is 0 Å². The van der Waals surface area contributed by atoms with Crippen LogP contribution in [0.5, 0.6) is 0 Å². The first-order valence-electron chi connectivity index (χ1n) is 6.53. The summed E-state index contributed by atoms with van der Waals surface area (Å²) in [5.74, 6) is 1.71. The molecule has 92 valence electrons. The lowest BCUT2D eigenvalue weighted by Gasteiger charge is -2.50. The summed E-state index contributed by atoms with van der Waals surface area (Å²) >= 11 is 0. The molecule has 4 aliphatic rings. The van der Waals surface area contributed by atoms with Crippen molar-refractivity contribution in [3.63, 3.8) is 0 Å². The molecule has 4 heterocycles. The van der Waals surface area contributed by atoms with E-state index < -0.39 is 0 Å². The lowest BCUT2D eigenvalue weighted by Crippen LogP contribution is -2.61. The average Bonchev–Trinajstić information content (AvgIpc) is 2.68. The maximum atomic E-state index is 9.30. The molecule has 4 aliphatic heterocycles. The van der Waals surface area contributed by atoms with Crippen LogP contribution in [-0.4, -0.2) is 66.3 Å². The first kappa shape index (κ1) is 11.0. The Kier molecular flexibility index (Phi) is 2.70. The van der Waals surface area contributed by atoms with Gasteiger partial charge in [-0.1, -0.05) is 0 Å². The Hall–Kier alpha value is -0.160. The Morgan fingerprint density at radius 3 is 2.69 bits per heavy atom. The smallest absolute Gasteiger partial charge is 0.0598 e. The molecule has 4 fully saturated rings. The molecule has 0 aliphatic carbocycles. The summed E-state index contributed by atoms with van der Waals surface area (Å²) < 4.78 is 0. The third-order valence-electron chi connectivity index (χ3n) is 5.05. The highest BCUT2D eigenvalue weighted by molar-refractivity contribution is 5.08. The van der Waals surface area contributed by atoms with Crippen molar-refractivity contribution in [1.82, 2.24) is 9.80 Å². The zero-order chi connectivity index (χ0) is 11.3. The molecule has 4 atom stereocenters. The molecule has 2 bridgehead atoms. The Bertz CT molecular complexity index is 265. The van der Waals surface area contributed by atoms with Crippen molar-refractivity contribution in [2.75, 3.05) is 33.3 Å². The second-order valence-electron chi connectivity index (χ2n) is 5.80. The third-order valence-corrected chi connectivity index (χ3v) is 5.05. The maximum absolute atomic E-state index is 9.30. The number of nitrogens with zero attached hydrogens (tertiary/aromatic N) is 2. The summed E-state index contributed by atoms with van der Waals surface area (Å²) in [5.41, 5.74) is 6.09. The van der Waals surface area contributed by atoms with Crippen LogP contribution in [0.25, 0.3) is 0 Å². The first-order valence-corrected chi connectivity index (χ1v) is 6.53. The van der Waals surface area contributed by atoms with E-state index in [1.807, 2.05) is 0 Å². The fraction of sp³-hybridized carbons (Fsp3) is 1.00. The molecule has 0 aromatic heterocycles. The molecule has 16 heavy (non-hydrogen) atoms. The normalized spacial score (nSPS) is 49.3. The number of aliphatic hydroxyl groups is 1. The Labute approximate surface area is 97.4 Å². The molecule has 0 aromatic rings. The van der Waals surface area contributed by atoms with Crippen LogP contribution < -0.4 is 5.73 Å². The third kappa shape index (κ3) is 1.44. The zero-order valence-electron chi connectivity index (χ0n) is 10.0. The molecular weight excluding hydrogens is 202 g/mol. The number of likely N-dealkylation sites (N-methyl/N-ethyl adjacent to an activating group) is 1. The van der Waals surface area contributed by atoms with Gasteiger partial charge in [0.1, 0.15) is 0 Å². The average molecular weight is 225 g/mol. The lowest BCUT2D eigenvalue weighted by molar-refractivity contribution is -0.00278. The molecule has 4 unspecified atom stereocenters. The Balaban J connectivity index is 1.85. The largest absolute Gasteiger partial charge is 0.395 e. The number of rotatable bonds is 2. The predicted molar refractivity (Wildman–Crippen MR) is 63.1 cm³/mol. The summed E-state index contributed by atoms with van der Waals surface area (Å²) in [6.45, 7) is 3.77. The van der Waals surface area contributed by atoms with Gasteiger partial charge in [-0.2, -0.15) is 0 Å². The molecule has 0 aromatic carbocycles. The van der Waals surface area contributed by atoms with Gasteiger partial charge < -0.3 is 10.8 Å². The van der Waals surface area contributed by atoms with Gasteiger partial charge in [0.05, 0.1) is 6.61 Å². The number of hydrogen-bond donors (Lipinski definition) is 2. The SMILES string of the molecule is CN1CC2C3CCN(CC3)C2C1C(N)CO. The highest BCUT2D eigenvalue weighted by Gasteiger charge is 2.52. The summed E-state index contributed by atoms with van der Waals surface area (Å²) in [4.78, 5) is 5.00. The van der Waals surface area contributed by atoms with Gasteiger partial charge >= 0.3 is 0 Å². The molecule has 4 heteroatoms. The van der Waals surface area contributed by atoms with Crippen molar-refractivity contribution in [2.45, 2.75) is 31.0 Å². The van der Waals surface area contributed by atoms with Crippen LogP contribution in [0.3, 0.4) is 0 Å². The van der Waals surface area contributed by atoms with Crippen LogP contribution in [0, 0.1) is 11.8 Å². The first-order chi connectivity index (χ1) is 7.72. The number of fused-ring (bicyclic) bond motifs is 2. The summed E-state index contributed by atoms with van der Waals surface area (Å²) in [6.07, 6.45) is 2.74. The van der Waals surface area contributed by atoms with Gasteiger partial charge in [-0.05, 0) is 44.8 Å². The van der Waals surface area contributed by atoms with Crippen LogP contribution in [0.1, 0.15) is 12.8 Å². The Morgan fingerprint density at radius 1 is 1.38 bits per heavy atom. The lowest BCUT2D eigenvalue weighted by atomic mass is 9.73. The van der Waals surface area contributed by atoms with Crippen molar-refractivity contribution in [1.29, 1.82) is 0 Å². The standard InChI is InChI=1S/C12H23N3O/c1-14-6-9-8-2-4-15(5-3-8)11(9)12(14)10(13)7-16/h8-12,16H,2-7,13H2,1H3. The number of hydrogen-bond acceptors (Lipinski definition) is 4.